The van der Waals surface area contributed by atoms with E-state index in [1.165, 1.54) is 4.52 Å². The minimum absolute atomic E-state index is 0.0121. The summed E-state index contributed by atoms with van der Waals surface area (Å²) in [5.74, 6) is -2.93. The Kier molecular flexibility index (Phi) is 2.74. The number of imidazole rings is 1. The number of hydrogen-bond donors (Lipinski definition) is 1. The second-order valence-corrected chi connectivity index (χ2v) is 6.93. The molecule has 0 bridgehead atoms. The van der Waals surface area contributed by atoms with Gasteiger partial charge in [-0.15, -0.1) is 0 Å². The molecular formula is C13H10F2N4S2. The van der Waals surface area contributed by atoms with Crippen molar-refractivity contribution in [2.75, 3.05) is 5.32 Å². The number of anilines is 1. The maximum Gasteiger partial charge on any atom is 0.298 e. The van der Waals surface area contributed by atoms with Gasteiger partial charge in [-0.25, -0.2) is 9.50 Å². The fourth-order valence-corrected chi connectivity index (χ4v) is 4.05. The van der Waals surface area contributed by atoms with Crippen molar-refractivity contribution in [2.24, 2.45) is 0 Å². The van der Waals surface area contributed by atoms with Gasteiger partial charge in [0.1, 0.15) is 5.37 Å². The largest absolute Gasteiger partial charge is 0.367 e. The zero-order valence-electron chi connectivity index (χ0n) is 10.9. The predicted molar refractivity (Wildman–Crippen MR) is 79.1 cm³/mol. The lowest BCUT2D eigenvalue weighted by Crippen LogP contribution is -2.07. The Bertz CT molecular complexity index is 765. The average Bonchev–Trinajstić information content (AvgIpc) is 3.09. The van der Waals surface area contributed by atoms with E-state index < -0.39 is 5.92 Å². The van der Waals surface area contributed by atoms with Crippen molar-refractivity contribution in [2.45, 2.75) is 23.1 Å². The highest BCUT2D eigenvalue weighted by Gasteiger charge is 2.31. The Morgan fingerprint density at radius 2 is 2.14 bits per heavy atom. The first kappa shape index (κ1) is 13.0. The van der Waals surface area contributed by atoms with Crippen LogP contribution in [-0.2, 0) is 5.92 Å². The van der Waals surface area contributed by atoms with E-state index in [2.05, 4.69) is 15.4 Å². The summed E-state index contributed by atoms with van der Waals surface area (Å²) in [4.78, 5) is 6.06. The molecule has 2 aromatic heterocycles. The molecule has 3 heterocycles. The van der Waals surface area contributed by atoms with Crippen LogP contribution in [0.2, 0.25) is 0 Å². The van der Waals surface area contributed by atoms with Gasteiger partial charge in [0.05, 0.1) is 11.9 Å². The number of alkyl halides is 2. The number of nitrogens with zero attached hydrogens (tertiary/aromatic N) is 3. The van der Waals surface area contributed by atoms with Crippen LogP contribution >= 0.6 is 23.1 Å². The first-order valence-corrected chi connectivity index (χ1v) is 7.97. The zero-order valence-corrected chi connectivity index (χ0v) is 12.5. The van der Waals surface area contributed by atoms with E-state index in [9.17, 15) is 8.78 Å². The van der Waals surface area contributed by atoms with Crippen LogP contribution in [0, 0.1) is 0 Å². The number of halogens is 2. The number of benzene rings is 1. The van der Waals surface area contributed by atoms with Gasteiger partial charge in [0, 0.05) is 17.5 Å². The molecule has 108 valence electrons. The van der Waals surface area contributed by atoms with E-state index in [1.54, 1.807) is 18.0 Å². The molecule has 4 nitrogen and oxygen atoms in total. The minimum atomic E-state index is -2.93. The maximum atomic E-state index is 13.2. The van der Waals surface area contributed by atoms with E-state index in [4.69, 9.17) is 0 Å². The molecule has 1 aromatic carbocycles. The lowest BCUT2D eigenvalue weighted by Gasteiger charge is -2.06. The van der Waals surface area contributed by atoms with Crippen molar-refractivity contribution in [3.8, 4) is 0 Å². The van der Waals surface area contributed by atoms with Crippen molar-refractivity contribution in [1.29, 1.82) is 0 Å². The molecule has 1 aliphatic heterocycles. The molecule has 1 atom stereocenters. The molecule has 0 saturated carbocycles. The molecular weight excluding hydrogens is 314 g/mol. The molecule has 0 radical (unpaired) electrons. The van der Waals surface area contributed by atoms with Gasteiger partial charge in [-0.2, -0.15) is 13.9 Å². The van der Waals surface area contributed by atoms with E-state index in [0.29, 0.717) is 4.96 Å². The highest BCUT2D eigenvalue weighted by atomic mass is 32.2. The van der Waals surface area contributed by atoms with Crippen molar-refractivity contribution in [3.05, 3.63) is 41.2 Å². The van der Waals surface area contributed by atoms with Gasteiger partial charge in [0.15, 0.2) is 5.01 Å². The van der Waals surface area contributed by atoms with E-state index >= 15 is 0 Å². The highest BCUT2D eigenvalue weighted by molar-refractivity contribution is 8.00. The van der Waals surface area contributed by atoms with Crippen LogP contribution in [0.5, 0.6) is 0 Å². The van der Waals surface area contributed by atoms with E-state index in [1.807, 2.05) is 24.3 Å². The standard InChI is InChI=1S/C13H10F2N4S2/c1-13(14,15)11-18-19-6-8(17-12(19)21-11)10-16-7-4-2-3-5-9(7)20-10/h2-6,10,16H,1H3. The number of hydrogen-bond acceptors (Lipinski definition) is 5. The number of fused-ring (bicyclic) bond motifs is 2. The molecule has 1 aliphatic rings. The van der Waals surface area contributed by atoms with Crippen molar-refractivity contribution in [3.63, 3.8) is 0 Å². The van der Waals surface area contributed by atoms with Gasteiger partial charge >= 0.3 is 0 Å². The van der Waals surface area contributed by atoms with Gasteiger partial charge in [0.2, 0.25) is 4.96 Å². The molecule has 1 unspecified atom stereocenters. The third-order valence-corrected chi connectivity index (χ3v) is 5.42. The van der Waals surface area contributed by atoms with Crippen LogP contribution in [0.3, 0.4) is 0 Å². The molecule has 0 aliphatic carbocycles. The Hall–Kier alpha value is -1.67. The molecule has 3 aromatic rings. The van der Waals surface area contributed by atoms with Gasteiger partial charge in [-0.1, -0.05) is 35.2 Å². The molecule has 0 amide bonds. The SMILES string of the molecule is CC(F)(F)c1nn2cc(C3Nc4ccccc4S3)nc2s1. The quantitative estimate of drug-likeness (QED) is 0.770. The fraction of sp³-hybridized carbons (Fsp3) is 0.231. The summed E-state index contributed by atoms with van der Waals surface area (Å²) in [6.45, 7) is 0.844. The smallest absolute Gasteiger partial charge is 0.298 e. The lowest BCUT2D eigenvalue weighted by atomic mass is 10.3. The van der Waals surface area contributed by atoms with E-state index in [-0.39, 0.29) is 10.4 Å². The summed E-state index contributed by atoms with van der Waals surface area (Å²) in [6.07, 6.45) is 1.71. The number of rotatable bonds is 2. The minimum Gasteiger partial charge on any atom is -0.367 e. The van der Waals surface area contributed by atoms with Gasteiger partial charge in [-0.3, -0.25) is 0 Å². The fourth-order valence-electron chi connectivity index (χ4n) is 2.14. The Morgan fingerprint density at radius 3 is 2.86 bits per heavy atom. The summed E-state index contributed by atoms with van der Waals surface area (Å²) in [5.41, 5.74) is 1.86. The normalized spacial score (nSPS) is 18.0. The molecule has 8 heteroatoms. The van der Waals surface area contributed by atoms with Crippen LogP contribution in [0.4, 0.5) is 14.5 Å². The third-order valence-electron chi connectivity index (χ3n) is 3.12. The monoisotopic (exact) mass is 324 g/mol. The van der Waals surface area contributed by atoms with Crippen LogP contribution in [0.25, 0.3) is 4.96 Å². The topological polar surface area (TPSA) is 42.2 Å². The molecule has 4 rings (SSSR count). The number of nitrogens with one attached hydrogen (secondary N) is 1. The number of aromatic nitrogens is 3. The summed E-state index contributed by atoms with van der Waals surface area (Å²) in [7, 11) is 0. The average molecular weight is 324 g/mol. The van der Waals surface area contributed by atoms with Gasteiger partial charge in [0.25, 0.3) is 5.92 Å². The van der Waals surface area contributed by atoms with Crippen LogP contribution in [0.1, 0.15) is 23.0 Å². The van der Waals surface area contributed by atoms with Crippen LogP contribution in [0.15, 0.2) is 35.4 Å². The first-order valence-electron chi connectivity index (χ1n) is 6.27. The van der Waals surface area contributed by atoms with Crippen LogP contribution in [-0.4, -0.2) is 14.6 Å². The Labute approximate surface area is 127 Å². The molecule has 21 heavy (non-hydrogen) atoms. The van der Waals surface area contributed by atoms with E-state index in [0.717, 1.165) is 34.5 Å². The predicted octanol–water partition coefficient (Wildman–Crippen LogP) is 4.12. The van der Waals surface area contributed by atoms with Crippen molar-refractivity contribution in [1.82, 2.24) is 14.6 Å². The Balaban J connectivity index is 1.66. The second-order valence-electron chi connectivity index (χ2n) is 4.83. The summed E-state index contributed by atoms with van der Waals surface area (Å²) >= 11 is 2.58. The summed E-state index contributed by atoms with van der Waals surface area (Å²) in [5, 5.41) is 7.05. The number of thioether (sulfide) groups is 1. The Morgan fingerprint density at radius 1 is 1.33 bits per heavy atom. The molecule has 0 spiro atoms. The van der Waals surface area contributed by atoms with Gasteiger partial charge in [-0.05, 0) is 12.1 Å². The highest BCUT2D eigenvalue weighted by Crippen LogP contribution is 2.46. The third kappa shape index (κ3) is 2.18. The summed E-state index contributed by atoms with van der Waals surface area (Å²) < 4.78 is 27.9. The molecule has 0 fully saturated rings. The summed E-state index contributed by atoms with van der Waals surface area (Å²) in [6, 6.07) is 8.00. The molecule has 0 saturated heterocycles. The first-order chi connectivity index (χ1) is 10.0. The van der Waals surface area contributed by atoms with Gasteiger partial charge < -0.3 is 5.32 Å². The second kappa shape index (κ2) is 4.41. The number of para-hydroxylation sites is 1. The lowest BCUT2D eigenvalue weighted by molar-refractivity contribution is 0.0163. The van der Waals surface area contributed by atoms with Crippen molar-refractivity contribution < 1.29 is 8.78 Å². The van der Waals surface area contributed by atoms with Crippen LogP contribution < -0.4 is 5.32 Å². The maximum absolute atomic E-state index is 13.2. The molecule has 1 N–H and O–H groups in total. The van der Waals surface area contributed by atoms with Crippen molar-refractivity contribution >= 4 is 33.7 Å². The zero-order chi connectivity index (χ0) is 14.6.